The summed E-state index contributed by atoms with van der Waals surface area (Å²) in [5, 5.41) is 18.9. The van der Waals surface area contributed by atoms with Gasteiger partial charge in [-0.05, 0) is 54.5 Å². The molecule has 0 bridgehead atoms. The second-order valence-electron chi connectivity index (χ2n) is 8.14. The van der Waals surface area contributed by atoms with Crippen LogP contribution in [0.2, 0.25) is 0 Å². The van der Waals surface area contributed by atoms with Crippen LogP contribution < -0.4 is 4.74 Å². The van der Waals surface area contributed by atoms with Crippen molar-refractivity contribution in [1.29, 1.82) is 0 Å². The number of ether oxygens (including phenoxy) is 2. The van der Waals surface area contributed by atoms with Crippen molar-refractivity contribution < 1.29 is 19.4 Å². The maximum Gasteiger partial charge on any atom is 0.258 e. The number of hydrogen-bond acceptors (Lipinski definition) is 5. The summed E-state index contributed by atoms with van der Waals surface area (Å²) < 4.78 is 10.7. The molecule has 2 aliphatic rings. The highest BCUT2D eigenvalue weighted by Crippen LogP contribution is 2.32. The normalized spacial score (nSPS) is 16.8. The lowest BCUT2D eigenvalue weighted by atomic mass is 9.93. The third-order valence-electron chi connectivity index (χ3n) is 6.23. The van der Waals surface area contributed by atoms with E-state index in [1.165, 1.54) is 0 Å². The van der Waals surface area contributed by atoms with E-state index in [4.69, 9.17) is 9.47 Å². The minimum atomic E-state index is -0.178. The summed E-state index contributed by atoms with van der Waals surface area (Å²) in [6, 6.07) is 9.26. The molecule has 1 amide bonds. The van der Waals surface area contributed by atoms with Crippen LogP contribution in [0.25, 0.3) is 10.9 Å². The van der Waals surface area contributed by atoms with Crippen LogP contribution >= 0.6 is 0 Å². The highest BCUT2D eigenvalue weighted by Gasteiger charge is 2.27. The molecule has 7 nitrogen and oxygen atoms in total. The Labute approximate surface area is 174 Å². The molecule has 30 heavy (non-hydrogen) atoms. The number of methoxy groups -OCH3 is 1. The zero-order chi connectivity index (χ0) is 20.7. The van der Waals surface area contributed by atoms with E-state index in [-0.39, 0.29) is 11.7 Å². The largest absolute Gasteiger partial charge is 0.507 e. The maximum absolute atomic E-state index is 13.2. The topological polar surface area (TPSA) is 87.7 Å². The molecule has 3 heterocycles. The monoisotopic (exact) mass is 407 g/mol. The summed E-state index contributed by atoms with van der Waals surface area (Å²) in [4.78, 5) is 15.0. The Kier molecular flexibility index (Phi) is 4.83. The lowest BCUT2D eigenvalue weighted by molar-refractivity contribution is 0.0663. The molecule has 1 saturated heterocycles. The van der Waals surface area contributed by atoms with E-state index < -0.39 is 0 Å². The maximum atomic E-state index is 13.2. The highest BCUT2D eigenvalue weighted by atomic mass is 16.5. The third-order valence-corrected chi connectivity index (χ3v) is 6.23. The number of phenols is 1. The van der Waals surface area contributed by atoms with Crippen LogP contribution in [0.3, 0.4) is 0 Å². The lowest BCUT2D eigenvalue weighted by Crippen LogP contribution is -2.25. The first kappa shape index (κ1) is 18.9. The molecule has 7 heteroatoms. The summed E-state index contributed by atoms with van der Waals surface area (Å²) in [5.74, 6) is 1.11. The number of rotatable bonds is 4. The number of aromatic amines is 1. The molecule has 0 unspecified atom stereocenters. The Morgan fingerprint density at radius 1 is 1.23 bits per heavy atom. The molecule has 156 valence electrons. The average Bonchev–Trinajstić information content (AvgIpc) is 3.36. The van der Waals surface area contributed by atoms with Gasteiger partial charge in [0, 0.05) is 37.8 Å². The molecule has 0 aliphatic carbocycles. The van der Waals surface area contributed by atoms with E-state index in [0.29, 0.717) is 24.6 Å². The standard InChI is InChI=1S/C23H25N3O4/c1-29-17-3-2-15-12-26(13-16(15)9-17)23(28)19-10-18-20(8-14-4-6-30-7-5-14)24-25-21(18)11-22(19)27/h2-3,9-11,14,27H,4-8,12-13H2,1H3,(H,24,25). The minimum absolute atomic E-state index is 0.0256. The van der Waals surface area contributed by atoms with Crippen LogP contribution in [0, 0.1) is 5.92 Å². The Morgan fingerprint density at radius 3 is 2.83 bits per heavy atom. The number of carbonyl (C=O) groups excluding carboxylic acids is 1. The van der Waals surface area contributed by atoms with Gasteiger partial charge >= 0.3 is 0 Å². The highest BCUT2D eigenvalue weighted by molar-refractivity contribution is 6.01. The second-order valence-corrected chi connectivity index (χ2v) is 8.14. The number of H-pyrrole nitrogens is 1. The molecule has 0 atom stereocenters. The summed E-state index contributed by atoms with van der Waals surface area (Å²) in [6.45, 7) is 2.61. The molecular weight excluding hydrogens is 382 g/mol. The van der Waals surface area contributed by atoms with Crippen molar-refractivity contribution >= 4 is 16.8 Å². The molecule has 2 aromatic carbocycles. The summed E-state index contributed by atoms with van der Waals surface area (Å²) in [7, 11) is 1.63. The van der Waals surface area contributed by atoms with Crippen molar-refractivity contribution in [1.82, 2.24) is 15.1 Å². The SMILES string of the molecule is COc1ccc2c(c1)CN(C(=O)c1cc3c(CC4CCOCC4)n[nH]c3cc1O)C2. The number of fused-ring (bicyclic) bond motifs is 2. The minimum Gasteiger partial charge on any atom is -0.507 e. The first-order chi connectivity index (χ1) is 14.6. The van der Waals surface area contributed by atoms with Crippen LogP contribution in [-0.2, 0) is 24.2 Å². The number of carbonyl (C=O) groups is 1. The van der Waals surface area contributed by atoms with Gasteiger partial charge in [0.05, 0.1) is 23.9 Å². The van der Waals surface area contributed by atoms with Gasteiger partial charge in [0.25, 0.3) is 5.91 Å². The van der Waals surface area contributed by atoms with Crippen molar-refractivity contribution in [3.8, 4) is 11.5 Å². The molecular formula is C23H25N3O4. The van der Waals surface area contributed by atoms with Crippen molar-refractivity contribution in [2.24, 2.45) is 5.92 Å². The number of aromatic nitrogens is 2. The van der Waals surface area contributed by atoms with Crippen molar-refractivity contribution in [3.63, 3.8) is 0 Å². The molecule has 0 saturated carbocycles. The van der Waals surface area contributed by atoms with E-state index in [9.17, 15) is 9.90 Å². The van der Waals surface area contributed by atoms with Gasteiger partial charge in [0.2, 0.25) is 0 Å². The molecule has 1 aromatic heterocycles. The smallest absolute Gasteiger partial charge is 0.258 e. The molecule has 0 spiro atoms. The summed E-state index contributed by atoms with van der Waals surface area (Å²) in [6.07, 6.45) is 2.89. The van der Waals surface area contributed by atoms with Gasteiger partial charge in [-0.15, -0.1) is 0 Å². The number of nitrogens with zero attached hydrogens (tertiary/aromatic N) is 2. The second kappa shape index (κ2) is 7.65. The molecule has 2 aliphatic heterocycles. The number of phenolic OH excluding ortho intramolecular Hbond substituents is 1. The first-order valence-electron chi connectivity index (χ1n) is 10.3. The zero-order valence-corrected chi connectivity index (χ0v) is 17.0. The van der Waals surface area contributed by atoms with Gasteiger partial charge in [-0.1, -0.05) is 6.07 Å². The molecule has 2 N–H and O–H groups in total. The first-order valence-corrected chi connectivity index (χ1v) is 10.3. The van der Waals surface area contributed by atoms with Crippen molar-refractivity contribution in [2.45, 2.75) is 32.4 Å². The number of hydrogen-bond donors (Lipinski definition) is 2. The zero-order valence-electron chi connectivity index (χ0n) is 17.0. The van der Waals surface area contributed by atoms with Gasteiger partial charge in [0.15, 0.2) is 0 Å². The molecule has 3 aromatic rings. The van der Waals surface area contributed by atoms with Crippen molar-refractivity contribution in [3.05, 3.63) is 52.7 Å². The third kappa shape index (κ3) is 3.39. The summed E-state index contributed by atoms with van der Waals surface area (Å²) in [5.41, 5.74) is 4.19. The van der Waals surface area contributed by atoms with Gasteiger partial charge in [-0.25, -0.2) is 0 Å². The van der Waals surface area contributed by atoms with E-state index in [2.05, 4.69) is 10.2 Å². The fraction of sp³-hybridized carbons (Fsp3) is 0.391. The fourth-order valence-corrected chi connectivity index (χ4v) is 4.47. The van der Waals surface area contributed by atoms with E-state index in [1.807, 2.05) is 18.2 Å². The van der Waals surface area contributed by atoms with Crippen LogP contribution in [0.15, 0.2) is 30.3 Å². The van der Waals surface area contributed by atoms with Crippen LogP contribution in [0.1, 0.15) is 40.0 Å². The van der Waals surface area contributed by atoms with Crippen molar-refractivity contribution in [2.75, 3.05) is 20.3 Å². The van der Waals surface area contributed by atoms with Gasteiger partial charge < -0.3 is 19.5 Å². The number of aromatic hydroxyl groups is 1. The van der Waals surface area contributed by atoms with Gasteiger partial charge in [-0.2, -0.15) is 5.10 Å². The predicted octanol–water partition coefficient (Wildman–Crippen LogP) is 3.40. The Balaban J connectivity index is 1.41. The molecule has 0 radical (unpaired) electrons. The van der Waals surface area contributed by atoms with Crippen LogP contribution in [-0.4, -0.2) is 46.4 Å². The fourth-order valence-electron chi connectivity index (χ4n) is 4.47. The Bertz CT molecular complexity index is 1100. The van der Waals surface area contributed by atoms with E-state index in [1.54, 1.807) is 24.1 Å². The van der Waals surface area contributed by atoms with E-state index in [0.717, 1.165) is 65.9 Å². The number of benzene rings is 2. The number of nitrogens with one attached hydrogen (secondary N) is 1. The quantitative estimate of drug-likeness (QED) is 0.692. The van der Waals surface area contributed by atoms with E-state index >= 15 is 0 Å². The number of amides is 1. The molecule has 5 rings (SSSR count). The Morgan fingerprint density at radius 2 is 2.03 bits per heavy atom. The predicted molar refractivity (Wildman–Crippen MR) is 112 cm³/mol. The van der Waals surface area contributed by atoms with Crippen LogP contribution in [0.4, 0.5) is 0 Å². The van der Waals surface area contributed by atoms with Crippen LogP contribution in [0.5, 0.6) is 11.5 Å². The molecule has 1 fully saturated rings. The Hall–Kier alpha value is -3.06. The average molecular weight is 407 g/mol. The summed E-state index contributed by atoms with van der Waals surface area (Å²) >= 11 is 0. The lowest BCUT2D eigenvalue weighted by Gasteiger charge is -2.21. The van der Waals surface area contributed by atoms with Gasteiger partial charge in [0.1, 0.15) is 11.5 Å². The van der Waals surface area contributed by atoms with Gasteiger partial charge in [-0.3, -0.25) is 9.89 Å².